The van der Waals surface area contributed by atoms with Crippen molar-refractivity contribution in [2.75, 3.05) is 5.32 Å². The van der Waals surface area contributed by atoms with Crippen LogP contribution in [-0.4, -0.2) is 5.91 Å². The average molecular weight is 265 g/mol. The van der Waals surface area contributed by atoms with Gasteiger partial charge in [-0.3, -0.25) is 4.79 Å². The predicted octanol–water partition coefficient (Wildman–Crippen LogP) is 3.66. The topological polar surface area (TPSA) is 29.1 Å². The molecule has 0 saturated heterocycles. The standard InChI is InChI=1S/C14H10F3NO/c1-8-2-5-11(16)13(6-8)18-14(19)10-4-3-9(15)7-12(10)17/h2-7H,1H3,(H,18,19). The van der Waals surface area contributed by atoms with E-state index in [2.05, 4.69) is 5.32 Å². The molecule has 5 heteroatoms. The van der Waals surface area contributed by atoms with Crippen LogP contribution in [0.5, 0.6) is 0 Å². The number of benzene rings is 2. The average Bonchev–Trinajstić information content (AvgIpc) is 2.33. The van der Waals surface area contributed by atoms with Gasteiger partial charge in [0, 0.05) is 6.07 Å². The number of carbonyl (C=O) groups is 1. The summed E-state index contributed by atoms with van der Waals surface area (Å²) in [5.74, 6) is -3.23. The number of amides is 1. The van der Waals surface area contributed by atoms with Gasteiger partial charge >= 0.3 is 0 Å². The van der Waals surface area contributed by atoms with Gasteiger partial charge in [-0.1, -0.05) is 6.07 Å². The molecule has 0 saturated carbocycles. The van der Waals surface area contributed by atoms with Gasteiger partial charge in [-0.05, 0) is 36.8 Å². The highest BCUT2D eigenvalue weighted by Crippen LogP contribution is 2.18. The molecular weight excluding hydrogens is 255 g/mol. The number of halogens is 3. The first-order valence-electron chi connectivity index (χ1n) is 5.50. The van der Waals surface area contributed by atoms with E-state index < -0.39 is 23.4 Å². The third-order valence-electron chi connectivity index (χ3n) is 2.55. The zero-order chi connectivity index (χ0) is 14.0. The van der Waals surface area contributed by atoms with E-state index in [-0.39, 0.29) is 11.3 Å². The van der Waals surface area contributed by atoms with Crippen molar-refractivity contribution in [2.45, 2.75) is 6.92 Å². The molecule has 2 aromatic carbocycles. The van der Waals surface area contributed by atoms with Crippen molar-refractivity contribution in [1.82, 2.24) is 0 Å². The van der Waals surface area contributed by atoms with Gasteiger partial charge in [0.25, 0.3) is 5.91 Å². The van der Waals surface area contributed by atoms with E-state index in [4.69, 9.17) is 0 Å². The highest BCUT2D eigenvalue weighted by molar-refractivity contribution is 6.04. The lowest BCUT2D eigenvalue weighted by Gasteiger charge is -2.08. The second kappa shape index (κ2) is 5.14. The van der Waals surface area contributed by atoms with Crippen LogP contribution in [-0.2, 0) is 0 Å². The lowest BCUT2D eigenvalue weighted by Crippen LogP contribution is -2.15. The van der Waals surface area contributed by atoms with E-state index in [1.165, 1.54) is 12.1 Å². The molecule has 19 heavy (non-hydrogen) atoms. The summed E-state index contributed by atoms with van der Waals surface area (Å²) >= 11 is 0. The second-order valence-electron chi connectivity index (χ2n) is 4.06. The maximum Gasteiger partial charge on any atom is 0.258 e. The first kappa shape index (κ1) is 13.1. The van der Waals surface area contributed by atoms with Gasteiger partial charge in [0.1, 0.15) is 17.5 Å². The van der Waals surface area contributed by atoms with Gasteiger partial charge in [0.05, 0.1) is 11.3 Å². The van der Waals surface area contributed by atoms with E-state index in [9.17, 15) is 18.0 Å². The fourth-order valence-electron chi connectivity index (χ4n) is 1.60. The minimum Gasteiger partial charge on any atom is -0.319 e. The van der Waals surface area contributed by atoms with E-state index in [0.717, 1.165) is 17.7 Å². The van der Waals surface area contributed by atoms with Crippen LogP contribution in [0.3, 0.4) is 0 Å². The molecule has 0 fully saturated rings. The summed E-state index contributed by atoms with van der Waals surface area (Å²) in [7, 11) is 0. The summed E-state index contributed by atoms with van der Waals surface area (Å²) in [5, 5.41) is 2.25. The molecule has 98 valence electrons. The van der Waals surface area contributed by atoms with Crippen molar-refractivity contribution in [2.24, 2.45) is 0 Å². The number of rotatable bonds is 2. The van der Waals surface area contributed by atoms with Crippen LogP contribution in [0.1, 0.15) is 15.9 Å². The maximum absolute atomic E-state index is 13.4. The number of anilines is 1. The van der Waals surface area contributed by atoms with Gasteiger partial charge in [0.15, 0.2) is 0 Å². The molecule has 1 amide bonds. The first-order chi connectivity index (χ1) is 8.97. The van der Waals surface area contributed by atoms with E-state index in [1.54, 1.807) is 13.0 Å². The number of nitrogens with one attached hydrogen (secondary N) is 1. The van der Waals surface area contributed by atoms with Crippen LogP contribution in [0.15, 0.2) is 36.4 Å². The van der Waals surface area contributed by atoms with Gasteiger partial charge in [-0.2, -0.15) is 0 Å². The Bertz CT molecular complexity index is 641. The number of hydrogen-bond acceptors (Lipinski definition) is 1. The molecule has 0 spiro atoms. The van der Waals surface area contributed by atoms with Crippen LogP contribution in [0.25, 0.3) is 0 Å². The highest BCUT2D eigenvalue weighted by Gasteiger charge is 2.14. The Kier molecular flexibility index (Phi) is 3.55. The summed E-state index contributed by atoms with van der Waals surface area (Å²) in [5.41, 5.74) is 0.354. The van der Waals surface area contributed by atoms with Crippen LogP contribution in [0, 0.1) is 24.4 Å². The number of aryl methyl sites for hydroxylation is 1. The summed E-state index contributed by atoms with van der Waals surface area (Å²) in [4.78, 5) is 11.8. The summed E-state index contributed by atoms with van der Waals surface area (Å²) in [6, 6.07) is 6.74. The zero-order valence-corrected chi connectivity index (χ0v) is 10.0. The van der Waals surface area contributed by atoms with Crippen molar-refractivity contribution >= 4 is 11.6 Å². The Balaban J connectivity index is 2.28. The van der Waals surface area contributed by atoms with E-state index >= 15 is 0 Å². The van der Waals surface area contributed by atoms with Crippen LogP contribution in [0.4, 0.5) is 18.9 Å². The lowest BCUT2D eigenvalue weighted by atomic mass is 10.1. The Morgan fingerprint density at radius 3 is 2.42 bits per heavy atom. The molecule has 0 unspecified atom stereocenters. The SMILES string of the molecule is Cc1ccc(F)c(NC(=O)c2ccc(F)cc2F)c1. The molecule has 0 atom stereocenters. The Morgan fingerprint density at radius 1 is 1.00 bits per heavy atom. The van der Waals surface area contributed by atoms with Crippen molar-refractivity contribution in [3.8, 4) is 0 Å². The third-order valence-corrected chi connectivity index (χ3v) is 2.55. The Labute approximate surface area is 107 Å². The third kappa shape index (κ3) is 2.93. The molecule has 0 aromatic heterocycles. The van der Waals surface area contributed by atoms with Crippen LogP contribution >= 0.6 is 0 Å². The number of hydrogen-bond donors (Lipinski definition) is 1. The molecule has 0 radical (unpaired) electrons. The molecule has 0 aliphatic heterocycles. The largest absolute Gasteiger partial charge is 0.319 e. The van der Waals surface area contributed by atoms with E-state index in [1.807, 2.05) is 0 Å². The molecule has 1 N–H and O–H groups in total. The van der Waals surface area contributed by atoms with Gasteiger partial charge < -0.3 is 5.32 Å². The first-order valence-corrected chi connectivity index (χ1v) is 5.50. The van der Waals surface area contributed by atoms with Crippen molar-refractivity contribution in [3.63, 3.8) is 0 Å². The molecule has 0 heterocycles. The molecule has 2 aromatic rings. The highest BCUT2D eigenvalue weighted by atomic mass is 19.1. The summed E-state index contributed by atoms with van der Waals surface area (Å²) in [6.45, 7) is 1.73. The van der Waals surface area contributed by atoms with Crippen LogP contribution < -0.4 is 5.32 Å². The fraction of sp³-hybridized carbons (Fsp3) is 0.0714. The molecule has 2 rings (SSSR count). The van der Waals surface area contributed by atoms with Crippen molar-refractivity contribution < 1.29 is 18.0 Å². The van der Waals surface area contributed by atoms with Crippen LogP contribution in [0.2, 0.25) is 0 Å². The summed E-state index contributed by atoms with van der Waals surface area (Å²) < 4.78 is 39.6. The van der Waals surface area contributed by atoms with E-state index in [0.29, 0.717) is 6.07 Å². The number of carbonyl (C=O) groups excluding carboxylic acids is 1. The fourth-order valence-corrected chi connectivity index (χ4v) is 1.60. The van der Waals surface area contributed by atoms with Gasteiger partial charge in [0.2, 0.25) is 0 Å². The maximum atomic E-state index is 13.4. The quantitative estimate of drug-likeness (QED) is 0.882. The molecule has 0 aliphatic carbocycles. The van der Waals surface area contributed by atoms with Crippen molar-refractivity contribution in [3.05, 3.63) is 65.0 Å². The van der Waals surface area contributed by atoms with Gasteiger partial charge in [-0.25, -0.2) is 13.2 Å². The Morgan fingerprint density at radius 2 is 1.74 bits per heavy atom. The molecule has 0 bridgehead atoms. The molecule has 2 nitrogen and oxygen atoms in total. The molecule has 0 aliphatic rings. The normalized spacial score (nSPS) is 10.3. The minimum atomic E-state index is -0.995. The van der Waals surface area contributed by atoms with Crippen molar-refractivity contribution in [1.29, 1.82) is 0 Å². The second-order valence-corrected chi connectivity index (χ2v) is 4.06. The minimum absolute atomic E-state index is 0.0475. The lowest BCUT2D eigenvalue weighted by molar-refractivity contribution is 0.102. The summed E-state index contributed by atoms with van der Waals surface area (Å²) in [6.07, 6.45) is 0. The molecular formula is C14H10F3NO. The Hall–Kier alpha value is -2.30. The zero-order valence-electron chi connectivity index (χ0n) is 10.0. The van der Waals surface area contributed by atoms with Gasteiger partial charge in [-0.15, -0.1) is 0 Å². The smallest absolute Gasteiger partial charge is 0.258 e. The monoisotopic (exact) mass is 265 g/mol. The predicted molar refractivity (Wildman–Crippen MR) is 65.4 cm³/mol.